The molecule has 158 valence electrons. The number of nitrogens with one attached hydrogen (secondary N) is 1. The van der Waals surface area contributed by atoms with E-state index in [1.54, 1.807) is 6.92 Å². The lowest BCUT2D eigenvalue weighted by atomic mass is 9.93. The molecule has 1 aliphatic carbocycles. The maximum absolute atomic E-state index is 13.0. The number of rotatable bonds is 6. The fourth-order valence-electron chi connectivity index (χ4n) is 3.91. The van der Waals surface area contributed by atoms with Gasteiger partial charge in [-0.05, 0) is 50.5 Å². The Kier molecular flexibility index (Phi) is 6.69. The summed E-state index contributed by atoms with van der Waals surface area (Å²) in [4.78, 5) is 22.8. The molecule has 1 aromatic carbocycles. The molecule has 1 fully saturated rings. The number of nitrogens with zero attached hydrogens (tertiary/aromatic N) is 2. The zero-order valence-corrected chi connectivity index (χ0v) is 17.4. The van der Waals surface area contributed by atoms with Crippen LogP contribution in [0.1, 0.15) is 37.7 Å². The van der Waals surface area contributed by atoms with Crippen molar-refractivity contribution in [3.63, 3.8) is 0 Å². The Labute approximate surface area is 171 Å². The van der Waals surface area contributed by atoms with Gasteiger partial charge >= 0.3 is 0 Å². The van der Waals surface area contributed by atoms with Crippen LogP contribution in [0.15, 0.2) is 35.2 Å². The molecule has 0 aromatic heterocycles. The molecule has 1 unspecified atom stereocenters. The summed E-state index contributed by atoms with van der Waals surface area (Å²) in [5.74, 6) is 0.260. The summed E-state index contributed by atoms with van der Waals surface area (Å²) in [6.07, 6.45) is 8.33. The third kappa shape index (κ3) is 5.02. The van der Waals surface area contributed by atoms with E-state index >= 15 is 0 Å². The molecular formula is C20H27N3O5S. The number of hydrogen-bond acceptors (Lipinski definition) is 5. The number of allylic oxidation sites excluding steroid dienone is 2. The minimum atomic E-state index is -3.84. The summed E-state index contributed by atoms with van der Waals surface area (Å²) in [5.41, 5.74) is 0.220. The van der Waals surface area contributed by atoms with E-state index in [1.165, 1.54) is 16.4 Å². The first-order chi connectivity index (χ1) is 13.8. The Hall–Kier alpha value is -2.26. The highest BCUT2D eigenvalue weighted by atomic mass is 32.2. The number of amides is 1. The number of sulfonamides is 1. The second-order valence-electron chi connectivity index (χ2n) is 7.78. The van der Waals surface area contributed by atoms with Crippen molar-refractivity contribution in [1.82, 2.24) is 9.62 Å². The molecule has 1 aliphatic heterocycles. The number of benzene rings is 1. The van der Waals surface area contributed by atoms with Gasteiger partial charge in [-0.25, -0.2) is 8.42 Å². The number of aryl methyl sites for hydroxylation is 1. The second-order valence-corrected chi connectivity index (χ2v) is 9.69. The number of carbonyl (C=O) groups excluding carboxylic acids is 1. The van der Waals surface area contributed by atoms with Crippen LogP contribution in [0.5, 0.6) is 0 Å². The van der Waals surface area contributed by atoms with E-state index in [0.717, 1.165) is 25.3 Å². The van der Waals surface area contributed by atoms with Gasteiger partial charge in [-0.2, -0.15) is 4.31 Å². The molecule has 1 atom stereocenters. The maximum atomic E-state index is 13.0. The lowest BCUT2D eigenvalue weighted by Crippen LogP contribution is -2.43. The van der Waals surface area contributed by atoms with E-state index in [2.05, 4.69) is 17.5 Å². The Bertz CT molecular complexity index is 905. The van der Waals surface area contributed by atoms with Gasteiger partial charge in [0.15, 0.2) is 0 Å². The monoisotopic (exact) mass is 421 g/mol. The third-order valence-electron chi connectivity index (χ3n) is 5.77. The van der Waals surface area contributed by atoms with Crippen LogP contribution in [0, 0.1) is 28.9 Å². The van der Waals surface area contributed by atoms with Crippen LogP contribution in [-0.4, -0.2) is 43.2 Å². The van der Waals surface area contributed by atoms with Gasteiger partial charge in [-0.1, -0.05) is 18.2 Å². The lowest BCUT2D eigenvalue weighted by molar-refractivity contribution is -0.385. The largest absolute Gasteiger partial charge is 0.356 e. The molecule has 9 heteroatoms. The minimum Gasteiger partial charge on any atom is -0.356 e. The Morgan fingerprint density at radius 2 is 1.97 bits per heavy atom. The normalized spacial score (nSPS) is 21.1. The number of nitro groups is 1. The van der Waals surface area contributed by atoms with Crippen molar-refractivity contribution in [2.75, 3.05) is 19.6 Å². The predicted molar refractivity (Wildman–Crippen MR) is 109 cm³/mol. The third-order valence-corrected chi connectivity index (χ3v) is 7.81. The maximum Gasteiger partial charge on any atom is 0.270 e. The number of piperidine rings is 1. The van der Waals surface area contributed by atoms with E-state index in [0.29, 0.717) is 30.9 Å². The van der Waals surface area contributed by atoms with Gasteiger partial charge in [0.1, 0.15) is 0 Å². The van der Waals surface area contributed by atoms with Crippen LogP contribution < -0.4 is 5.32 Å². The molecule has 1 N–H and O–H groups in total. The Balaban J connectivity index is 1.59. The van der Waals surface area contributed by atoms with Crippen LogP contribution in [0.2, 0.25) is 0 Å². The van der Waals surface area contributed by atoms with E-state index in [4.69, 9.17) is 0 Å². The van der Waals surface area contributed by atoms with E-state index in [1.807, 2.05) is 0 Å². The molecule has 8 nitrogen and oxygen atoms in total. The molecule has 0 spiro atoms. The van der Waals surface area contributed by atoms with Crippen molar-refractivity contribution in [1.29, 1.82) is 0 Å². The van der Waals surface area contributed by atoms with Crippen LogP contribution in [0.4, 0.5) is 5.69 Å². The highest BCUT2D eigenvalue weighted by Crippen LogP contribution is 2.28. The molecule has 0 saturated carbocycles. The zero-order valence-electron chi connectivity index (χ0n) is 16.5. The van der Waals surface area contributed by atoms with E-state index in [9.17, 15) is 23.3 Å². The van der Waals surface area contributed by atoms with Gasteiger partial charge in [-0.3, -0.25) is 14.9 Å². The topological polar surface area (TPSA) is 110 Å². The van der Waals surface area contributed by atoms with E-state index in [-0.39, 0.29) is 35.5 Å². The second kappa shape index (κ2) is 9.04. The van der Waals surface area contributed by atoms with Crippen molar-refractivity contribution in [2.45, 2.75) is 43.9 Å². The number of hydrogen-bond donors (Lipinski definition) is 1. The average Bonchev–Trinajstić information content (AvgIpc) is 2.73. The summed E-state index contributed by atoms with van der Waals surface area (Å²) in [6, 6.07) is 3.86. The van der Waals surface area contributed by atoms with Gasteiger partial charge in [-0.15, -0.1) is 0 Å². The van der Waals surface area contributed by atoms with Crippen LogP contribution >= 0.6 is 0 Å². The highest BCUT2D eigenvalue weighted by molar-refractivity contribution is 7.89. The van der Waals surface area contributed by atoms with Crippen LogP contribution in [0.25, 0.3) is 0 Å². The molecule has 3 rings (SSSR count). The summed E-state index contributed by atoms with van der Waals surface area (Å²) in [7, 11) is -3.84. The molecule has 2 aliphatic rings. The first kappa shape index (κ1) is 21.4. The molecule has 1 saturated heterocycles. The summed E-state index contributed by atoms with van der Waals surface area (Å²) in [5, 5.41) is 14.0. The summed E-state index contributed by atoms with van der Waals surface area (Å²) in [6.45, 7) is 2.75. The van der Waals surface area contributed by atoms with Gasteiger partial charge in [0.25, 0.3) is 5.69 Å². The fourth-order valence-corrected chi connectivity index (χ4v) is 5.62. The van der Waals surface area contributed by atoms with Crippen molar-refractivity contribution in [2.24, 2.45) is 11.8 Å². The van der Waals surface area contributed by atoms with Gasteiger partial charge in [0, 0.05) is 37.7 Å². The lowest BCUT2D eigenvalue weighted by Gasteiger charge is -2.31. The van der Waals surface area contributed by atoms with Crippen molar-refractivity contribution < 1.29 is 18.1 Å². The molecule has 29 heavy (non-hydrogen) atoms. The summed E-state index contributed by atoms with van der Waals surface area (Å²) >= 11 is 0. The molecular weight excluding hydrogens is 394 g/mol. The number of carbonyl (C=O) groups is 1. The van der Waals surface area contributed by atoms with Crippen molar-refractivity contribution in [3.8, 4) is 0 Å². The van der Waals surface area contributed by atoms with Crippen molar-refractivity contribution >= 4 is 21.6 Å². The van der Waals surface area contributed by atoms with E-state index < -0.39 is 14.9 Å². The van der Waals surface area contributed by atoms with Gasteiger partial charge in [0.05, 0.1) is 9.82 Å². The van der Waals surface area contributed by atoms with Crippen molar-refractivity contribution in [3.05, 3.63) is 46.0 Å². The number of nitro benzene ring substituents is 1. The molecule has 1 amide bonds. The quantitative estimate of drug-likeness (QED) is 0.431. The Morgan fingerprint density at radius 1 is 1.24 bits per heavy atom. The molecule has 1 heterocycles. The zero-order chi connectivity index (χ0) is 21.0. The first-order valence-corrected chi connectivity index (χ1v) is 11.4. The van der Waals surface area contributed by atoms with Crippen LogP contribution in [0.3, 0.4) is 0 Å². The first-order valence-electron chi connectivity index (χ1n) is 9.97. The highest BCUT2D eigenvalue weighted by Gasteiger charge is 2.33. The minimum absolute atomic E-state index is 0.0110. The van der Waals surface area contributed by atoms with Crippen LogP contribution in [-0.2, 0) is 14.8 Å². The smallest absolute Gasteiger partial charge is 0.270 e. The summed E-state index contributed by atoms with van der Waals surface area (Å²) < 4.78 is 27.3. The molecule has 0 bridgehead atoms. The standard InChI is InChI=1S/C20H27N3O5S/c1-15-7-8-18(23(25)26)13-19(15)29(27,28)22-11-9-17(10-12-22)20(24)21-14-16-5-3-2-4-6-16/h2-3,7-8,13,16-17H,4-6,9-12,14H2,1H3,(H,21,24). The SMILES string of the molecule is Cc1ccc([N+](=O)[O-])cc1S(=O)(=O)N1CCC(C(=O)NCC2CC=CCC2)CC1. The van der Waals surface area contributed by atoms with Gasteiger partial charge < -0.3 is 5.32 Å². The predicted octanol–water partition coefficient (Wildman–Crippen LogP) is 2.78. The Morgan fingerprint density at radius 3 is 2.59 bits per heavy atom. The molecule has 1 aromatic rings. The fraction of sp³-hybridized carbons (Fsp3) is 0.550. The average molecular weight is 422 g/mol. The molecule has 0 radical (unpaired) electrons. The van der Waals surface area contributed by atoms with Gasteiger partial charge in [0.2, 0.25) is 15.9 Å². The number of non-ortho nitro benzene ring substituents is 1.